The third kappa shape index (κ3) is 4.33. The molecule has 3 aromatic rings. The summed E-state index contributed by atoms with van der Waals surface area (Å²) in [6, 6.07) is 12.1. The normalized spacial score (nSPS) is 11.3. The summed E-state index contributed by atoms with van der Waals surface area (Å²) in [6.45, 7) is 5.27. The van der Waals surface area contributed by atoms with Crippen LogP contribution < -0.4 is 10.7 Å². The van der Waals surface area contributed by atoms with Crippen LogP contribution in [0.15, 0.2) is 62.7 Å². The number of hydrogen-bond acceptors (Lipinski definition) is 5. The van der Waals surface area contributed by atoms with Gasteiger partial charge in [0.05, 0.1) is 17.5 Å². The van der Waals surface area contributed by atoms with Gasteiger partial charge >= 0.3 is 0 Å². The van der Waals surface area contributed by atoms with Crippen molar-refractivity contribution in [2.75, 3.05) is 5.32 Å². The van der Waals surface area contributed by atoms with Crippen LogP contribution in [0.1, 0.15) is 44.9 Å². The van der Waals surface area contributed by atoms with Gasteiger partial charge in [0.25, 0.3) is 11.8 Å². The summed E-state index contributed by atoms with van der Waals surface area (Å²) in [4.78, 5) is 24.1. The first-order valence-electron chi connectivity index (χ1n) is 8.31. The van der Waals surface area contributed by atoms with E-state index in [1.807, 2.05) is 0 Å². The van der Waals surface area contributed by atoms with Gasteiger partial charge < -0.3 is 14.2 Å². The summed E-state index contributed by atoms with van der Waals surface area (Å²) in [5, 5.41) is 6.87. The number of nitrogens with zero attached hydrogens (tertiary/aromatic N) is 1. The zero-order valence-electron chi connectivity index (χ0n) is 15.2. The lowest BCUT2D eigenvalue weighted by Crippen LogP contribution is -2.19. The summed E-state index contributed by atoms with van der Waals surface area (Å²) in [6.07, 6.45) is 1.46. The maximum atomic E-state index is 12.1. The molecule has 2 aromatic heterocycles. The van der Waals surface area contributed by atoms with E-state index in [4.69, 9.17) is 8.83 Å². The van der Waals surface area contributed by atoms with Crippen molar-refractivity contribution in [1.29, 1.82) is 0 Å². The van der Waals surface area contributed by atoms with Crippen LogP contribution in [-0.2, 0) is 0 Å². The Bertz CT molecular complexity index is 996. The van der Waals surface area contributed by atoms with Gasteiger partial charge in [-0.05, 0) is 56.7 Å². The fraction of sp³-hybridized carbons (Fsp3) is 0.150. The van der Waals surface area contributed by atoms with E-state index in [9.17, 15) is 9.59 Å². The Morgan fingerprint density at radius 2 is 1.70 bits per heavy atom. The molecule has 27 heavy (non-hydrogen) atoms. The second-order valence-corrected chi connectivity index (χ2v) is 5.97. The highest BCUT2D eigenvalue weighted by Gasteiger charge is 2.12. The van der Waals surface area contributed by atoms with Crippen molar-refractivity contribution in [2.45, 2.75) is 20.8 Å². The van der Waals surface area contributed by atoms with Crippen LogP contribution in [0.5, 0.6) is 0 Å². The summed E-state index contributed by atoms with van der Waals surface area (Å²) >= 11 is 0. The Morgan fingerprint density at radius 3 is 2.30 bits per heavy atom. The van der Waals surface area contributed by atoms with E-state index < -0.39 is 0 Å². The molecule has 2 N–H and O–H groups in total. The molecule has 138 valence electrons. The first kappa shape index (κ1) is 18.2. The molecule has 0 saturated carbocycles. The van der Waals surface area contributed by atoms with E-state index in [0.29, 0.717) is 28.5 Å². The molecule has 1 aromatic carbocycles. The number of furan rings is 2. The van der Waals surface area contributed by atoms with Crippen LogP contribution in [0.2, 0.25) is 0 Å². The molecule has 0 aliphatic rings. The number of amides is 2. The van der Waals surface area contributed by atoms with Crippen molar-refractivity contribution in [2.24, 2.45) is 5.10 Å². The fourth-order valence-electron chi connectivity index (χ4n) is 2.42. The maximum absolute atomic E-state index is 12.1. The zero-order valence-corrected chi connectivity index (χ0v) is 15.2. The Kier molecular flexibility index (Phi) is 5.21. The van der Waals surface area contributed by atoms with E-state index in [2.05, 4.69) is 15.8 Å². The Hall–Kier alpha value is -3.61. The molecule has 3 rings (SSSR count). The third-order valence-corrected chi connectivity index (χ3v) is 3.95. The molecule has 7 nitrogen and oxygen atoms in total. The van der Waals surface area contributed by atoms with Crippen LogP contribution in [0.25, 0.3) is 0 Å². The van der Waals surface area contributed by atoms with E-state index in [1.165, 1.54) is 6.26 Å². The lowest BCUT2D eigenvalue weighted by molar-refractivity contribution is 0.0952. The molecule has 2 amide bonds. The van der Waals surface area contributed by atoms with Gasteiger partial charge in [-0.15, -0.1) is 0 Å². The van der Waals surface area contributed by atoms with E-state index >= 15 is 0 Å². The topological polar surface area (TPSA) is 96.8 Å². The number of benzene rings is 1. The molecule has 2 heterocycles. The second kappa shape index (κ2) is 7.74. The van der Waals surface area contributed by atoms with Crippen molar-refractivity contribution >= 4 is 23.2 Å². The molecule has 0 saturated heterocycles. The Labute approximate surface area is 156 Å². The van der Waals surface area contributed by atoms with Crippen LogP contribution in [0.4, 0.5) is 5.69 Å². The molecular weight excluding hydrogens is 346 g/mol. The maximum Gasteiger partial charge on any atom is 0.291 e. The van der Waals surface area contributed by atoms with Crippen LogP contribution >= 0.6 is 0 Å². The van der Waals surface area contributed by atoms with Gasteiger partial charge in [0.15, 0.2) is 5.76 Å². The predicted octanol–water partition coefficient (Wildman–Crippen LogP) is 3.90. The van der Waals surface area contributed by atoms with Gasteiger partial charge in [0.2, 0.25) is 0 Å². The van der Waals surface area contributed by atoms with Crippen molar-refractivity contribution in [1.82, 2.24) is 5.43 Å². The first-order chi connectivity index (χ1) is 12.9. The molecule has 0 aliphatic carbocycles. The molecule has 0 atom stereocenters. The minimum Gasteiger partial charge on any atom is -0.469 e. The Balaban J connectivity index is 1.63. The van der Waals surface area contributed by atoms with Crippen LogP contribution in [0, 0.1) is 13.8 Å². The van der Waals surface area contributed by atoms with Gasteiger partial charge in [0, 0.05) is 5.69 Å². The highest BCUT2D eigenvalue weighted by atomic mass is 16.3. The number of anilines is 1. The van der Waals surface area contributed by atoms with Crippen molar-refractivity contribution in [3.63, 3.8) is 0 Å². The quantitative estimate of drug-likeness (QED) is 0.529. The number of aryl methyl sites for hydroxylation is 2. The number of hydrogen-bond donors (Lipinski definition) is 2. The first-order valence-corrected chi connectivity index (χ1v) is 8.31. The van der Waals surface area contributed by atoms with Gasteiger partial charge in [-0.2, -0.15) is 5.10 Å². The highest BCUT2D eigenvalue weighted by molar-refractivity contribution is 6.03. The lowest BCUT2D eigenvalue weighted by Gasteiger charge is -2.06. The van der Waals surface area contributed by atoms with Gasteiger partial charge in [-0.1, -0.05) is 12.1 Å². The van der Waals surface area contributed by atoms with Crippen LogP contribution in [0.3, 0.4) is 0 Å². The second-order valence-electron chi connectivity index (χ2n) is 5.97. The number of hydrazone groups is 1. The Morgan fingerprint density at radius 1 is 0.963 bits per heavy atom. The number of rotatable bonds is 5. The standard InChI is InChI=1S/C20H19N3O4/c1-12-4-9-18(27-12)20(25)21-16-7-5-15(6-8-16)13(2)22-23-19(24)17-10-11-26-14(17)3/h4-11H,1-3H3,(H,21,25)(H,23,24)/b22-13+. The van der Waals surface area contributed by atoms with Crippen molar-refractivity contribution < 1.29 is 18.4 Å². The molecule has 0 fully saturated rings. The monoisotopic (exact) mass is 365 g/mol. The van der Waals surface area contributed by atoms with Crippen LogP contribution in [-0.4, -0.2) is 17.5 Å². The van der Waals surface area contributed by atoms with E-state index in [0.717, 1.165) is 5.56 Å². The van der Waals surface area contributed by atoms with Crippen molar-refractivity contribution in [3.8, 4) is 0 Å². The molecule has 7 heteroatoms. The molecule has 0 radical (unpaired) electrons. The van der Waals surface area contributed by atoms with Gasteiger partial charge in [-0.3, -0.25) is 9.59 Å². The molecule has 0 spiro atoms. The van der Waals surface area contributed by atoms with E-state index in [-0.39, 0.29) is 17.6 Å². The predicted molar refractivity (Wildman–Crippen MR) is 101 cm³/mol. The number of carbonyl (C=O) groups excluding carboxylic acids is 2. The number of nitrogens with one attached hydrogen (secondary N) is 2. The molecular formula is C20H19N3O4. The molecule has 0 bridgehead atoms. The average Bonchev–Trinajstić information content (AvgIpc) is 3.28. The minimum absolute atomic E-state index is 0.256. The summed E-state index contributed by atoms with van der Waals surface area (Å²) < 4.78 is 10.4. The SMILES string of the molecule is C/C(=N\NC(=O)c1ccoc1C)c1ccc(NC(=O)c2ccc(C)o2)cc1. The number of carbonyl (C=O) groups is 2. The van der Waals surface area contributed by atoms with Crippen molar-refractivity contribution in [3.05, 3.63) is 77.1 Å². The van der Waals surface area contributed by atoms with E-state index in [1.54, 1.807) is 63.2 Å². The summed E-state index contributed by atoms with van der Waals surface area (Å²) in [7, 11) is 0. The molecule has 0 aliphatic heterocycles. The third-order valence-electron chi connectivity index (χ3n) is 3.95. The lowest BCUT2D eigenvalue weighted by atomic mass is 10.1. The smallest absolute Gasteiger partial charge is 0.291 e. The molecule has 0 unspecified atom stereocenters. The largest absolute Gasteiger partial charge is 0.469 e. The summed E-state index contributed by atoms with van der Waals surface area (Å²) in [5.74, 6) is 0.816. The minimum atomic E-state index is -0.335. The zero-order chi connectivity index (χ0) is 19.4. The van der Waals surface area contributed by atoms with Gasteiger partial charge in [-0.25, -0.2) is 5.43 Å². The van der Waals surface area contributed by atoms with Gasteiger partial charge in [0.1, 0.15) is 11.5 Å². The fourth-order valence-corrected chi connectivity index (χ4v) is 2.42. The summed E-state index contributed by atoms with van der Waals surface area (Å²) in [5.41, 5.74) is 5.01. The highest BCUT2D eigenvalue weighted by Crippen LogP contribution is 2.14. The average molecular weight is 365 g/mol.